The highest BCUT2D eigenvalue weighted by Gasteiger charge is 2.37. The molecule has 4 aromatic carbocycles. The van der Waals surface area contributed by atoms with Crippen LogP contribution in [0, 0.1) is 5.92 Å². The van der Waals surface area contributed by atoms with Crippen molar-refractivity contribution in [2.75, 3.05) is 44.2 Å². The molecule has 0 aliphatic rings. The summed E-state index contributed by atoms with van der Waals surface area (Å²) >= 11 is 8.44. The summed E-state index contributed by atoms with van der Waals surface area (Å²) in [6.45, 7) is 1.81. The SMILES string of the molecule is CC(C)[C@H](NC(=O)[C@H](CC(=O)O)NC(=O)[C@H](CCCCN)NC(=O)[C@H](Cc1ccc(O)cc1)NC(=O)[C@H](CS)NC(=O)[C@H](C)NC(=O)[C@H](Cc1ccc(O)cc1)NC(=O)[C@H](Cc1ccccc1)NC(=O)CNC(=O)[C@H](CC(=O)O)NC(=O)[C@H](CS)NC(=O)[C@H](Cc1ccccc1)NC(=O)CNC(=O)CNC(=O)CN)C(=O)O. The molecular weight excluding hydrogens is 1510 g/mol. The van der Waals surface area contributed by atoms with Gasteiger partial charge in [0.25, 0.3) is 0 Å². The molecule has 38 nitrogen and oxygen atoms in total. The molecule has 0 fully saturated rings. The van der Waals surface area contributed by atoms with Gasteiger partial charge in [-0.3, -0.25) is 76.7 Å². The van der Waals surface area contributed by atoms with Crippen LogP contribution >= 0.6 is 25.3 Å². The van der Waals surface area contributed by atoms with E-state index >= 15 is 0 Å². The predicted molar refractivity (Wildman–Crippen MR) is 406 cm³/mol. The van der Waals surface area contributed by atoms with Crippen LogP contribution in [0.5, 0.6) is 11.5 Å². The molecule has 112 heavy (non-hydrogen) atoms. The molecule has 608 valence electrons. The van der Waals surface area contributed by atoms with Gasteiger partial charge in [0.2, 0.25) is 82.7 Å². The number of carbonyl (C=O) groups excluding carboxylic acids is 14. The molecule has 4 rings (SSSR count). The first-order valence-electron chi connectivity index (χ1n) is 35.2. The number of thiol groups is 2. The van der Waals surface area contributed by atoms with Gasteiger partial charge in [0.05, 0.1) is 39.0 Å². The fourth-order valence-corrected chi connectivity index (χ4v) is 11.1. The Morgan fingerprint density at radius 3 is 1.08 bits per heavy atom. The summed E-state index contributed by atoms with van der Waals surface area (Å²) in [6.07, 6.45) is -2.79. The number of nitrogens with two attached hydrogens (primary N) is 2. The molecule has 14 amide bonds. The zero-order valence-corrected chi connectivity index (χ0v) is 63.1. The van der Waals surface area contributed by atoms with E-state index in [1.54, 1.807) is 60.7 Å². The Balaban J connectivity index is 1.53. The van der Waals surface area contributed by atoms with E-state index in [2.05, 4.69) is 99.7 Å². The number of carboxylic acid groups (broad SMARTS) is 3. The van der Waals surface area contributed by atoms with Gasteiger partial charge < -0.3 is 111 Å². The van der Waals surface area contributed by atoms with Crippen molar-refractivity contribution in [2.45, 2.75) is 145 Å². The van der Waals surface area contributed by atoms with Crippen molar-refractivity contribution < 1.29 is 107 Å². The molecule has 0 aliphatic carbocycles. The highest BCUT2D eigenvalue weighted by atomic mass is 32.1. The molecule has 0 bridgehead atoms. The summed E-state index contributed by atoms with van der Waals surface area (Å²) in [5, 5.41) is 82.7. The number of unbranched alkanes of at least 4 members (excludes halogenated alkanes) is 1. The minimum Gasteiger partial charge on any atom is -0.508 e. The maximum Gasteiger partial charge on any atom is 0.326 e. The third kappa shape index (κ3) is 33.5. The first-order valence-corrected chi connectivity index (χ1v) is 36.5. The zero-order valence-electron chi connectivity index (χ0n) is 61.4. The van der Waals surface area contributed by atoms with Gasteiger partial charge in [-0.2, -0.15) is 25.3 Å². The molecule has 4 aromatic rings. The average molecular weight is 1600 g/mol. The topological polar surface area (TPSA) is 612 Å². The van der Waals surface area contributed by atoms with Gasteiger partial charge in [-0.15, -0.1) is 0 Å². The Kier molecular flexibility index (Phi) is 39.5. The van der Waals surface area contributed by atoms with Crippen LogP contribution in [0.25, 0.3) is 0 Å². The van der Waals surface area contributed by atoms with Crippen LogP contribution in [-0.2, 0) is 107 Å². The minimum absolute atomic E-state index is 0.143. The third-order valence-electron chi connectivity index (χ3n) is 16.6. The van der Waals surface area contributed by atoms with Gasteiger partial charge >= 0.3 is 17.9 Å². The number of aromatic hydroxyl groups is 2. The third-order valence-corrected chi connectivity index (χ3v) is 17.3. The Morgan fingerprint density at radius 2 is 0.679 bits per heavy atom. The lowest BCUT2D eigenvalue weighted by Gasteiger charge is -2.27. The van der Waals surface area contributed by atoms with Crippen molar-refractivity contribution in [3.05, 3.63) is 131 Å². The van der Waals surface area contributed by atoms with Crippen molar-refractivity contribution in [3.63, 3.8) is 0 Å². The van der Waals surface area contributed by atoms with Gasteiger partial charge in [0, 0.05) is 37.2 Å². The quantitative estimate of drug-likeness (QED) is 0.0145. The summed E-state index contributed by atoms with van der Waals surface area (Å²) in [4.78, 5) is 227. The Bertz CT molecular complexity index is 3920. The van der Waals surface area contributed by atoms with Gasteiger partial charge in [0.15, 0.2) is 0 Å². The lowest BCUT2D eigenvalue weighted by Crippen LogP contribution is -2.61. The number of carbonyl (C=O) groups is 17. The summed E-state index contributed by atoms with van der Waals surface area (Å²) in [5.74, 6) is -20.5. The number of hydrogen-bond donors (Lipinski definition) is 23. The first kappa shape index (κ1) is 92.5. The number of nitrogens with one attached hydrogen (secondary N) is 14. The van der Waals surface area contributed by atoms with Crippen LogP contribution in [0.3, 0.4) is 0 Å². The van der Waals surface area contributed by atoms with E-state index < -0.39 is 224 Å². The van der Waals surface area contributed by atoms with E-state index in [0.29, 0.717) is 28.7 Å². The molecule has 0 unspecified atom stereocenters. The molecule has 0 saturated carbocycles. The Morgan fingerprint density at radius 1 is 0.348 bits per heavy atom. The lowest BCUT2D eigenvalue weighted by atomic mass is 10.0. The number of hydrogen-bond acceptors (Lipinski definition) is 23. The fourth-order valence-electron chi connectivity index (χ4n) is 10.5. The van der Waals surface area contributed by atoms with Gasteiger partial charge in [0.1, 0.15) is 78.0 Å². The second-order valence-electron chi connectivity index (χ2n) is 25.9. The maximum absolute atomic E-state index is 14.6. The maximum atomic E-state index is 14.6. The van der Waals surface area contributed by atoms with Crippen LogP contribution in [0.4, 0.5) is 0 Å². The smallest absolute Gasteiger partial charge is 0.326 e. The average Bonchev–Trinajstić information content (AvgIpc) is 0.856. The van der Waals surface area contributed by atoms with Crippen LogP contribution in [-0.4, -0.2) is 237 Å². The minimum atomic E-state index is -1.93. The molecule has 23 N–H and O–H groups in total. The molecule has 0 aromatic heterocycles. The van der Waals surface area contributed by atoms with E-state index in [0.717, 1.165) is 0 Å². The number of rotatable bonds is 48. The van der Waals surface area contributed by atoms with E-state index in [4.69, 9.17) is 11.5 Å². The number of carboxylic acids is 3. The first-order chi connectivity index (χ1) is 53.1. The van der Waals surface area contributed by atoms with Gasteiger partial charge in [-0.05, 0) is 85.2 Å². The molecular formula is C72H96N16O22S2. The Labute approximate surface area is 654 Å². The molecule has 0 aliphatic heterocycles. The summed E-state index contributed by atoms with van der Waals surface area (Å²) < 4.78 is 0. The molecule has 11 atom stereocenters. The van der Waals surface area contributed by atoms with Crippen LogP contribution in [0.15, 0.2) is 109 Å². The van der Waals surface area contributed by atoms with E-state index in [1.165, 1.54) is 69.3 Å². The summed E-state index contributed by atoms with van der Waals surface area (Å²) in [7, 11) is 0. The van der Waals surface area contributed by atoms with Crippen LogP contribution in [0.2, 0.25) is 0 Å². The largest absolute Gasteiger partial charge is 0.508 e. The van der Waals surface area contributed by atoms with Crippen molar-refractivity contribution in [3.8, 4) is 11.5 Å². The summed E-state index contributed by atoms with van der Waals surface area (Å²) in [5.41, 5.74) is 12.6. The predicted octanol–water partition coefficient (Wildman–Crippen LogP) is -5.29. The number of aliphatic carboxylic acids is 3. The normalized spacial score (nSPS) is 13.8. The number of phenols is 2. The molecule has 0 saturated heterocycles. The summed E-state index contributed by atoms with van der Waals surface area (Å²) in [6, 6.07) is 9.48. The molecule has 40 heteroatoms. The van der Waals surface area contributed by atoms with E-state index in [9.17, 15) is 107 Å². The molecule has 0 spiro atoms. The number of benzene rings is 4. The molecule has 0 heterocycles. The molecule has 0 radical (unpaired) electrons. The van der Waals surface area contributed by atoms with Crippen molar-refractivity contribution >= 4 is 126 Å². The van der Waals surface area contributed by atoms with Gasteiger partial charge in [-0.25, -0.2) is 4.79 Å². The van der Waals surface area contributed by atoms with Crippen molar-refractivity contribution in [1.29, 1.82) is 0 Å². The van der Waals surface area contributed by atoms with Gasteiger partial charge in [-0.1, -0.05) is 98.8 Å². The monoisotopic (exact) mass is 1600 g/mol. The van der Waals surface area contributed by atoms with E-state index in [-0.39, 0.29) is 56.6 Å². The number of amides is 14. The zero-order chi connectivity index (χ0) is 83.1. The second-order valence-corrected chi connectivity index (χ2v) is 26.6. The second kappa shape index (κ2) is 47.9. The van der Waals surface area contributed by atoms with Crippen molar-refractivity contribution in [1.82, 2.24) is 74.4 Å². The lowest BCUT2D eigenvalue weighted by molar-refractivity contribution is -0.144. The van der Waals surface area contributed by atoms with Crippen LogP contribution in [0.1, 0.15) is 75.1 Å². The standard InChI is InChI=1S/C72H96N16O22S2/c1-38(2)61(72(109)110)88-69(106)52(31-60(97)98)85-64(101)46(16-10-11-25-73)81-68(105)50(29-43-19-23-45(90)24-20-43)83-70(107)53(36-111)86-62(99)39(3)78-65(102)49(28-42-17-21-44(89)22-18-42)82-66(103)47(26-40-12-6-4-7-13-40)80-58(94)35-77-63(100)51(30-59(95)96)84-71(108)54(37-112)87-67(104)48(27-41-14-8-5-9-15-41)79-57(93)34-76-56(92)33-75-55(91)32-74/h4-9,12-15,17-24,38-39,46-54,61,89-90,111-112H,10-11,16,25-37,73-74H2,1-3H3,(H,75,91)(H,76,92)(H,77,100)(H,78,102)(H,79,93)(H,80,94)(H,81,105)(H,82,103)(H,83,107)(H,84,108)(H,85,101)(H,86,99)(H,87,104)(H,88,106)(H,95,96)(H,97,98)(H,109,110)/t39-,46-,47-,48-,49-,50-,51-,52-,53-,54-,61-/m0/s1. The highest BCUT2D eigenvalue weighted by molar-refractivity contribution is 7.80. The number of phenolic OH excluding ortho intramolecular Hbond substituents is 2. The van der Waals surface area contributed by atoms with Crippen LogP contribution < -0.4 is 85.9 Å². The fraction of sp³-hybridized carbons (Fsp3) is 0.431. The highest BCUT2D eigenvalue weighted by Crippen LogP contribution is 2.16. The van der Waals surface area contributed by atoms with Crippen molar-refractivity contribution in [2.24, 2.45) is 17.4 Å². The van der Waals surface area contributed by atoms with E-state index in [1.807, 2.05) is 0 Å². The Hall–Kier alpha value is -11.9.